The van der Waals surface area contributed by atoms with E-state index < -0.39 is 0 Å². The predicted molar refractivity (Wildman–Crippen MR) is 71.8 cm³/mol. The number of benzene rings is 1. The number of nitriles is 1. The van der Waals surface area contributed by atoms with Crippen molar-refractivity contribution in [2.24, 2.45) is 0 Å². The molecule has 1 aromatic rings. The van der Waals surface area contributed by atoms with Crippen LogP contribution in [0.5, 0.6) is 0 Å². The van der Waals surface area contributed by atoms with Crippen molar-refractivity contribution in [3.63, 3.8) is 0 Å². The lowest BCUT2D eigenvalue weighted by Crippen LogP contribution is -2.34. The van der Waals surface area contributed by atoms with Crippen LogP contribution in [0, 0.1) is 11.3 Å². The first-order valence-electron chi connectivity index (χ1n) is 6.49. The fourth-order valence-corrected chi connectivity index (χ4v) is 2.85. The number of anilines is 1. The van der Waals surface area contributed by atoms with E-state index in [4.69, 9.17) is 0 Å². The average Bonchev–Trinajstić information content (AvgIpc) is 2.78. The molecule has 18 heavy (non-hydrogen) atoms. The maximum Gasteiger partial charge on any atom is 0.150 e. The lowest BCUT2D eigenvalue weighted by Gasteiger charge is -2.31. The third-order valence-electron chi connectivity index (χ3n) is 3.81. The van der Waals surface area contributed by atoms with Crippen LogP contribution in [0.1, 0.15) is 49.0 Å². The molecule has 2 unspecified atom stereocenters. The Hall–Kier alpha value is -1.82. The Morgan fingerprint density at radius 3 is 2.89 bits per heavy atom. The summed E-state index contributed by atoms with van der Waals surface area (Å²) in [5.41, 5.74) is 2.14. The molecule has 3 nitrogen and oxygen atoms in total. The standard InChI is InChI=1S/C15H18N2O/c1-3-14-6-4-11(2)17(14)15-7-5-12(10-18)8-13(15)9-16/h5,7-8,10-11,14H,3-4,6H2,1-2H3. The number of aldehydes is 1. The molecule has 1 aliphatic rings. The number of carbonyl (C=O) groups excluding carboxylic acids is 1. The Morgan fingerprint density at radius 1 is 1.50 bits per heavy atom. The maximum atomic E-state index is 10.8. The van der Waals surface area contributed by atoms with Gasteiger partial charge < -0.3 is 4.90 Å². The lowest BCUT2D eigenvalue weighted by molar-refractivity contribution is 0.112. The summed E-state index contributed by atoms with van der Waals surface area (Å²) in [4.78, 5) is 13.1. The summed E-state index contributed by atoms with van der Waals surface area (Å²) in [6, 6.07) is 8.57. The van der Waals surface area contributed by atoms with Gasteiger partial charge in [0.2, 0.25) is 0 Å². The maximum absolute atomic E-state index is 10.8. The Bertz CT molecular complexity index is 490. The summed E-state index contributed by atoms with van der Waals surface area (Å²) in [6.45, 7) is 4.38. The van der Waals surface area contributed by atoms with Gasteiger partial charge in [-0.15, -0.1) is 0 Å². The fourth-order valence-electron chi connectivity index (χ4n) is 2.85. The molecular weight excluding hydrogens is 224 g/mol. The highest BCUT2D eigenvalue weighted by Gasteiger charge is 2.30. The van der Waals surface area contributed by atoms with Crippen LogP contribution >= 0.6 is 0 Å². The van der Waals surface area contributed by atoms with Crippen LogP contribution in [-0.2, 0) is 0 Å². The van der Waals surface area contributed by atoms with Crippen LogP contribution in [0.15, 0.2) is 18.2 Å². The normalized spacial score (nSPS) is 22.8. The summed E-state index contributed by atoms with van der Waals surface area (Å²) in [5, 5.41) is 9.25. The molecule has 0 bridgehead atoms. The summed E-state index contributed by atoms with van der Waals surface area (Å²) in [5.74, 6) is 0. The first-order chi connectivity index (χ1) is 8.71. The van der Waals surface area contributed by atoms with Crippen LogP contribution in [0.25, 0.3) is 0 Å². The number of carbonyl (C=O) groups is 1. The molecule has 0 aromatic heterocycles. The molecule has 94 valence electrons. The molecule has 1 saturated heterocycles. The van der Waals surface area contributed by atoms with Crippen molar-refractivity contribution in [2.45, 2.75) is 45.2 Å². The van der Waals surface area contributed by atoms with Crippen LogP contribution in [0.3, 0.4) is 0 Å². The van der Waals surface area contributed by atoms with Crippen molar-refractivity contribution in [3.8, 4) is 6.07 Å². The van der Waals surface area contributed by atoms with Crippen LogP contribution in [0.2, 0.25) is 0 Å². The van der Waals surface area contributed by atoms with Gasteiger partial charge in [0.1, 0.15) is 12.4 Å². The Labute approximate surface area is 108 Å². The number of nitrogens with zero attached hydrogens (tertiary/aromatic N) is 2. The molecule has 3 heteroatoms. The zero-order chi connectivity index (χ0) is 13.1. The summed E-state index contributed by atoms with van der Waals surface area (Å²) < 4.78 is 0. The second kappa shape index (κ2) is 5.22. The van der Waals surface area contributed by atoms with E-state index in [1.807, 2.05) is 6.07 Å². The molecule has 0 amide bonds. The monoisotopic (exact) mass is 242 g/mol. The fraction of sp³-hybridized carbons (Fsp3) is 0.467. The summed E-state index contributed by atoms with van der Waals surface area (Å²) in [7, 11) is 0. The minimum absolute atomic E-state index is 0.462. The van der Waals surface area contributed by atoms with Gasteiger partial charge in [-0.25, -0.2) is 0 Å². The van der Waals surface area contributed by atoms with Gasteiger partial charge in [-0.05, 0) is 44.4 Å². The van der Waals surface area contributed by atoms with Crippen LogP contribution in [0.4, 0.5) is 5.69 Å². The van der Waals surface area contributed by atoms with Crippen molar-refractivity contribution >= 4 is 12.0 Å². The largest absolute Gasteiger partial charge is 0.365 e. The SMILES string of the molecule is CCC1CCC(C)N1c1ccc(C=O)cc1C#N. The quantitative estimate of drug-likeness (QED) is 0.765. The smallest absolute Gasteiger partial charge is 0.150 e. The van der Waals surface area contributed by atoms with Gasteiger partial charge >= 0.3 is 0 Å². The molecule has 1 fully saturated rings. The summed E-state index contributed by atoms with van der Waals surface area (Å²) in [6.07, 6.45) is 4.22. The van der Waals surface area contributed by atoms with Crippen molar-refractivity contribution in [2.75, 3.05) is 4.90 Å². The van der Waals surface area contributed by atoms with Gasteiger partial charge in [-0.2, -0.15) is 5.26 Å². The summed E-state index contributed by atoms with van der Waals surface area (Å²) >= 11 is 0. The number of hydrogen-bond acceptors (Lipinski definition) is 3. The van der Waals surface area contributed by atoms with Gasteiger partial charge in [-0.1, -0.05) is 6.92 Å². The highest BCUT2D eigenvalue weighted by molar-refractivity contribution is 5.78. The molecule has 2 atom stereocenters. The molecule has 0 N–H and O–H groups in total. The topological polar surface area (TPSA) is 44.1 Å². The van der Waals surface area contributed by atoms with Crippen molar-refractivity contribution < 1.29 is 4.79 Å². The van der Waals surface area contributed by atoms with Gasteiger partial charge in [0.25, 0.3) is 0 Å². The zero-order valence-electron chi connectivity index (χ0n) is 10.9. The van der Waals surface area contributed by atoms with Crippen LogP contribution in [-0.4, -0.2) is 18.4 Å². The second-order valence-corrected chi connectivity index (χ2v) is 4.90. The van der Waals surface area contributed by atoms with Crippen molar-refractivity contribution in [3.05, 3.63) is 29.3 Å². The molecule has 0 aliphatic carbocycles. The highest BCUT2D eigenvalue weighted by atomic mass is 16.1. The number of hydrogen-bond donors (Lipinski definition) is 0. The zero-order valence-corrected chi connectivity index (χ0v) is 10.9. The predicted octanol–water partition coefficient (Wildman–Crippen LogP) is 3.14. The van der Waals surface area contributed by atoms with Gasteiger partial charge in [0, 0.05) is 17.6 Å². The van der Waals surface area contributed by atoms with Gasteiger partial charge in [0.05, 0.1) is 11.3 Å². The minimum Gasteiger partial charge on any atom is -0.365 e. The van der Waals surface area contributed by atoms with E-state index in [0.29, 0.717) is 23.2 Å². The number of rotatable bonds is 3. The van der Waals surface area contributed by atoms with E-state index >= 15 is 0 Å². The molecule has 0 saturated carbocycles. The van der Waals surface area contributed by atoms with Gasteiger partial charge in [-0.3, -0.25) is 4.79 Å². The van der Waals surface area contributed by atoms with Crippen LogP contribution < -0.4 is 4.90 Å². The first kappa shape index (κ1) is 12.6. The highest BCUT2D eigenvalue weighted by Crippen LogP contribution is 2.34. The molecule has 0 radical (unpaired) electrons. The lowest BCUT2D eigenvalue weighted by atomic mass is 10.1. The average molecular weight is 242 g/mol. The molecular formula is C15H18N2O. The molecule has 1 heterocycles. The van der Waals surface area contributed by atoms with Crippen molar-refractivity contribution in [1.29, 1.82) is 5.26 Å². The molecule has 0 spiro atoms. The van der Waals surface area contributed by atoms with Crippen molar-refractivity contribution in [1.82, 2.24) is 0 Å². The molecule has 2 rings (SSSR count). The van der Waals surface area contributed by atoms with Gasteiger partial charge in [0.15, 0.2) is 0 Å². The third-order valence-corrected chi connectivity index (χ3v) is 3.81. The van der Waals surface area contributed by atoms with E-state index in [0.717, 1.165) is 18.4 Å². The molecule has 1 aliphatic heterocycles. The van der Waals surface area contributed by atoms with E-state index in [9.17, 15) is 10.1 Å². The Balaban J connectivity index is 2.44. The first-order valence-corrected chi connectivity index (χ1v) is 6.49. The second-order valence-electron chi connectivity index (χ2n) is 4.90. The Kier molecular flexibility index (Phi) is 3.66. The third kappa shape index (κ3) is 2.11. The van der Waals surface area contributed by atoms with E-state index in [-0.39, 0.29) is 0 Å². The Morgan fingerprint density at radius 2 is 2.28 bits per heavy atom. The minimum atomic E-state index is 0.462. The van der Waals surface area contributed by atoms with E-state index in [1.165, 1.54) is 12.8 Å². The van der Waals surface area contributed by atoms with E-state index in [2.05, 4.69) is 24.8 Å². The van der Waals surface area contributed by atoms with E-state index in [1.54, 1.807) is 12.1 Å². The molecule has 1 aromatic carbocycles.